The Hall–Kier alpha value is -2.63. The Morgan fingerprint density at radius 1 is 1.07 bits per heavy atom. The molecule has 2 aromatic carbocycles. The second-order valence-corrected chi connectivity index (χ2v) is 8.86. The fourth-order valence-corrected chi connectivity index (χ4v) is 4.61. The summed E-state index contributed by atoms with van der Waals surface area (Å²) in [6.07, 6.45) is 2.37. The zero-order valence-electron chi connectivity index (χ0n) is 17.1. The maximum atomic E-state index is 12.6. The molecular formula is C25H28N2O2S. The van der Waals surface area contributed by atoms with Gasteiger partial charge in [0.2, 0.25) is 0 Å². The summed E-state index contributed by atoms with van der Waals surface area (Å²) in [7, 11) is 0. The van der Waals surface area contributed by atoms with Crippen LogP contribution in [0, 0.1) is 5.92 Å². The Kier molecular flexibility index (Phi) is 7.16. The number of rotatable bonds is 8. The van der Waals surface area contributed by atoms with Crippen LogP contribution in [0.4, 0.5) is 0 Å². The van der Waals surface area contributed by atoms with E-state index < -0.39 is 0 Å². The van der Waals surface area contributed by atoms with Crippen molar-refractivity contribution in [2.75, 3.05) is 19.6 Å². The predicted octanol–water partition coefficient (Wildman–Crippen LogP) is 4.97. The van der Waals surface area contributed by atoms with Crippen LogP contribution in [0.15, 0.2) is 72.1 Å². The van der Waals surface area contributed by atoms with Gasteiger partial charge >= 0.3 is 0 Å². The molecule has 0 radical (unpaired) electrons. The van der Waals surface area contributed by atoms with Crippen LogP contribution >= 0.6 is 11.3 Å². The van der Waals surface area contributed by atoms with Gasteiger partial charge in [0.25, 0.3) is 5.91 Å². The number of amides is 1. The second kappa shape index (κ2) is 10.4. The molecule has 1 amide bonds. The fraction of sp³-hybridized carbons (Fsp3) is 0.320. The number of thiophene rings is 1. The van der Waals surface area contributed by atoms with Crippen LogP contribution in [-0.2, 0) is 13.2 Å². The van der Waals surface area contributed by atoms with Gasteiger partial charge in [-0.05, 0) is 66.6 Å². The first-order valence-corrected chi connectivity index (χ1v) is 11.4. The minimum absolute atomic E-state index is 0.0139. The van der Waals surface area contributed by atoms with Gasteiger partial charge in [-0.3, -0.25) is 9.69 Å². The van der Waals surface area contributed by atoms with Crippen LogP contribution in [0.3, 0.4) is 0 Å². The van der Waals surface area contributed by atoms with E-state index in [0.717, 1.165) is 37.5 Å². The first-order chi connectivity index (χ1) is 14.8. The maximum absolute atomic E-state index is 12.6. The molecule has 0 bridgehead atoms. The number of nitrogens with zero attached hydrogens (tertiary/aromatic N) is 1. The van der Waals surface area contributed by atoms with Crippen molar-refractivity contribution in [1.82, 2.24) is 10.2 Å². The van der Waals surface area contributed by atoms with E-state index in [9.17, 15) is 4.79 Å². The van der Waals surface area contributed by atoms with Gasteiger partial charge in [-0.2, -0.15) is 0 Å². The molecule has 0 spiro atoms. The summed E-state index contributed by atoms with van der Waals surface area (Å²) in [6, 6.07) is 21.8. The summed E-state index contributed by atoms with van der Waals surface area (Å²) >= 11 is 1.81. The number of carbonyl (C=O) groups is 1. The first kappa shape index (κ1) is 20.6. The number of benzene rings is 2. The molecule has 1 N–H and O–H groups in total. The van der Waals surface area contributed by atoms with Crippen LogP contribution in [0.25, 0.3) is 0 Å². The third-order valence-corrected chi connectivity index (χ3v) is 6.34. The van der Waals surface area contributed by atoms with Gasteiger partial charge in [-0.15, -0.1) is 11.3 Å². The SMILES string of the molecule is O=C(NCC1CCCN(Cc2cccs2)C1)c1ccc(OCc2ccccc2)cc1. The van der Waals surface area contributed by atoms with Crippen molar-refractivity contribution in [1.29, 1.82) is 0 Å². The smallest absolute Gasteiger partial charge is 0.251 e. The Labute approximate surface area is 182 Å². The molecule has 3 aromatic rings. The summed E-state index contributed by atoms with van der Waals surface area (Å²) in [5.74, 6) is 1.27. The van der Waals surface area contributed by atoms with Gasteiger partial charge in [0.15, 0.2) is 0 Å². The molecule has 156 valence electrons. The van der Waals surface area contributed by atoms with Crippen LogP contribution in [-0.4, -0.2) is 30.4 Å². The Morgan fingerprint density at radius 2 is 1.90 bits per heavy atom. The summed E-state index contributed by atoms with van der Waals surface area (Å²) in [6.45, 7) is 4.46. The number of nitrogens with one attached hydrogen (secondary N) is 1. The lowest BCUT2D eigenvalue weighted by molar-refractivity contribution is 0.0931. The van der Waals surface area contributed by atoms with E-state index in [1.54, 1.807) is 0 Å². The zero-order chi connectivity index (χ0) is 20.6. The van der Waals surface area contributed by atoms with Gasteiger partial charge in [0.05, 0.1) is 0 Å². The second-order valence-electron chi connectivity index (χ2n) is 7.83. The highest BCUT2D eigenvalue weighted by Crippen LogP contribution is 2.20. The number of likely N-dealkylation sites (tertiary alicyclic amines) is 1. The van der Waals surface area contributed by atoms with Crippen LogP contribution in [0.5, 0.6) is 5.75 Å². The first-order valence-electron chi connectivity index (χ1n) is 10.6. The normalized spacial score (nSPS) is 16.9. The fourth-order valence-electron chi connectivity index (χ4n) is 3.87. The lowest BCUT2D eigenvalue weighted by Crippen LogP contribution is -2.40. The van der Waals surface area contributed by atoms with Gasteiger partial charge in [-0.25, -0.2) is 0 Å². The van der Waals surface area contributed by atoms with Crippen molar-refractivity contribution >= 4 is 17.2 Å². The number of ether oxygens (including phenoxy) is 1. The largest absolute Gasteiger partial charge is 0.489 e. The maximum Gasteiger partial charge on any atom is 0.251 e. The summed E-state index contributed by atoms with van der Waals surface area (Å²) in [4.78, 5) is 16.5. The van der Waals surface area contributed by atoms with Crippen molar-refractivity contribution in [3.8, 4) is 5.75 Å². The number of carbonyl (C=O) groups excluding carboxylic acids is 1. The van der Waals surface area contributed by atoms with Gasteiger partial charge < -0.3 is 10.1 Å². The molecule has 5 heteroatoms. The van der Waals surface area contributed by atoms with Crippen molar-refractivity contribution in [2.45, 2.75) is 26.0 Å². The van der Waals surface area contributed by atoms with Crippen molar-refractivity contribution < 1.29 is 9.53 Å². The molecule has 1 fully saturated rings. The third-order valence-electron chi connectivity index (χ3n) is 5.48. The average molecular weight is 421 g/mol. The summed E-state index contributed by atoms with van der Waals surface area (Å²) < 4.78 is 5.80. The van der Waals surface area contributed by atoms with Gasteiger partial charge in [0.1, 0.15) is 12.4 Å². The highest BCUT2D eigenvalue weighted by molar-refractivity contribution is 7.09. The van der Waals surface area contributed by atoms with E-state index in [1.165, 1.54) is 17.7 Å². The zero-order valence-corrected chi connectivity index (χ0v) is 17.9. The van der Waals surface area contributed by atoms with E-state index in [0.29, 0.717) is 18.1 Å². The number of piperidine rings is 1. The Balaban J connectivity index is 1.22. The molecule has 1 atom stereocenters. The molecule has 1 aliphatic rings. The highest BCUT2D eigenvalue weighted by Gasteiger charge is 2.21. The monoisotopic (exact) mass is 420 g/mol. The molecule has 0 aliphatic carbocycles. The Morgan fingerprint density at radius 3 is 2.67 bits per heavy atom. The average Bonchev–Trinajstić information content (AvgIpc) is 3.30. The number of hydrogen-bond donors (Lipinski definition) is 1. The van der Waals surface area contributed by atoms with Crippen LogP contribution in [0.1, 0.15) is 33.6 Å². The van der Waals surface area contributed by atoms with Gasteiger partial charge in [0, 0.05) is 30.1 Å². The molecular weight excluding hydrogens is 392 g/mol. The lowest BCUT2D eigenvalue weighted by atomic mass is 9.98. The molecule has 2 heterocycles. The highest BCUT2D eigenvalue weighted by atomic mass is 32.1. The lowest BCUT2D eigenvalue weighted by Gasteiger charge is -2.32. The summed E-state index contributed by atoms with van der Waals surface area (Å²) in [5.41, 5.74) is 1.80. The van der Waals surface area contributed by atoms with Crippen molar-refractivity contribution in [3.63, 3.8) is 0 Å². The van der Waals surface area contributed by atoms with E-state index in [2.05, 4.69) is 27.7 Å². The van der Waals surface area contributed by atoms with Crippen LogP contribution in [0.2, 0.25) is 0 Å². The minimum atomic E-state index is -0.0139. The topological polar surface area (TPSA) is 41.6 Å². The van der Waals surface area contributed by atoms with E-state index in [1.807, 2.05) is 65.9 Å². The third kappa shape index (κ3) is 5.94. The molecule has 30 heavy (non-hydrogen) atoms. The quantitative estimate of drug-likeness (QED) is 0.559. The van der Waals surface area contributed by atoms with Crippen molar-refractivity contribution in [3.05, 3.63) is 88.1 Å². The molecule has 1 unspecified atom stereocenters. The molecule has 4 rings (SSSR count). The summed E-state index contributed by atoms with van der Waals surface area (Å²) in [5, 5.41) is 5.26. The van der Waals surface area contributed by atoms with E-state index >= 15 is 0 Å². The van der Waals surface area contributed by atoms with E-state index in [4.69, 9.17) is 4.74 Å². The molecule has 1 saturated heterocycles. The van der Waals surface area contributed by atoms with Crippen molar-refractivity contribution in [2.24, 2.45) is 5.92 Å². The molecule has 4 nitrogen and oxygen atoms in total. The van der Waals surface area contributed by atoms with Crippen LogP contribution < -0.4 is 10.1 Å². The molecule has 0 saturated carbocycles. The van der Waals surface area contributed by atoms with Gasteiger partial charge in [-0.1, -0.05) is 36.4 Å². The molecule has 1 aromatic heterocycles. The predicted molar refractivity (Wildman–Crippen MR) is 122 cm³/mol. The standard InChI is InChI=1S/C25H28N2O2S/c28-25(22-10-12-23(13-11-22)29-19-20-6-2-1-3-7-20)26-16-21-8-4-14-27(17-21)18-24-9-5-15-30-24/h1-3,5-7,9-13,15,21H,4,8,14,16-19H2,(H,26,28). The number of hydrogen-bond acceptors (Lipinski definition) is 4. The minimum Gasteiger partial charge on any atom is -0.489 e. The molecule has 1 aliphatic heterocycles. The Bertz CT molecular complexity index is 910. The van der Waals surface area contributed by atoms with E-state index in [-0.39, 0.29) is 5.91 Å².